The first kappa shape index (κ1) is 15.2. The van der Waals surface area contributed by atoms with Gasteiger partial charge in [0.1, 0.15) is 0 Å². The predicted molar refractivity (Wildman–Crippen MR) is 90.0 cm³/mol. The molecule has 0 radical (unpaired) electrons. The number of carbonyl (C=O) groups is 2. The van der Waals surface area contributed by atoms with E-state index in [1.807, 2.05) is 29.8 Å². The van der Waals surface area contributed by atoms with Gasteiger partial charge < -0.3 is 9.64 Å². The number of hydrogen-bond donors (Lipinski definition) is 0. The summed E-state index contributed by atoms with van der Waals surface area (Å²) in [6, 6.07) is 8.28. The molecule has 0 saturated heterocycles. The fourth-order valence-corrected chi connectivity index (χ4v) is 4.04. The van der Waals surface area contributed by atoms with Crippen molar-refractivity contribution in [2.45, 2.75) is 18.9 Å². The highest BCUT2D eigenvalue weighted by Gasteiger charge is 2.39. The van der Waals surface area contributed by atoms with E-state index in [1.165, 1.54) is 18.1 Å². The molecule has 1 unspecified atom stereocenters. The van der Waals surface area contributed by atoms with E-state index in [1.54, 1.807) is 4.90 Å². The van der Waals surface area contributed by atoms with Gasteiger partial charge in [-0.05, 0) is 18.1 Å². The third kappa shape index (κ3) is 2.13. The SMILES string of the molecule is COC(=O)CCN1CCc2c3n(c4ccccc24)C(=O)N(C)CC31. The van der Waals surface area contributed by atoms with Crippen molar-refractivity contribution in [3.8, 4) is 0 Å². The lowest BCUT2D eigenvalue weighted by molar-refractivity contribution is -0.141. The van der Waals surface area contributed by atoms with Gasteiger partial charge >= 0.3 is 12.0 Å². The van der Waals surface area contributed by atoms with Crippen molar-refractivity contribution in [1.82, 2.24) is 14.4 Å². The minimum Gasteiger partial charge on any atom is -0.469 e. The van der Waals surface area contributed by atoms with Gasteiger partial charge in [0.25, 0.3) is 0 Å². The highest BCUT2D eigenvalue weighted by Crippen LogP contribution is 2.40. The van der Waals surface area contributed by atoms with Crippen LogP contribution in [0.1, 0.15) is 23.7 Å². The van der Waals surface area contributed by atoms with Gasteiger partial charge in [-0.3, -0.25) is 14.3 Å². The quantitative estimate of drug-likeness (QED) is 0.810. The Kier molecular flexibility index (Phi) is 3.57. The Balaban J connectivity index is 1.79. The molecule has 1 atom stereocenters. The molecule has 1 aromatic carbocycles. The largest absolute Gasteiger partial charge is 0.469 e. The van der Waals surface area contributed by atoms with Crippen LogP contribution in [-0.4, -0.2) is 60.2 Å². The fraction of sp³-hybridized carbons (Fsp3) is 0.444. The van der Waals surface area contributed by atoms with Crippen LogP contribution in [0.4, 0.5) is 4.79 Å². The molecule has 24 heavy (non-hydrogen) atoms. The van der Waals surface area contributed by atoms with Crippen molar-refractivity contribution in [3.63, 3.8) is 0 Å². The zero-order valence-electron chi connectivity index (χ0n) is 14.0. The number of fused-ring (bicyclic) bond motifs is 3. The number of nitrogens with zero attached hydrogens (tertiary/aromatic N) is 3. The molecular formula is C18H21N3O3. The van der Waals surface area contributed by atoms with Gasteiger partial charge in [-0.15, -0.1) is 0 Å². The van der Waals surface area contributed by atoms with Crippen molar-refractivity contribution in [3.05, 3.63) is 35.5 Å². The number of likely N-dealkylation sites (N-methyl/N-ethyl adjacent to an activating group) is 1. The van der Waals surface area contributed by atoms with Crippen molar-refractivity contribution in [2.24, 2.45) is 0 Å². The molecule has 1 aromatic heterocycles. The normalized spacial score (nSPS) is 20.3. The summed E-state index contributed by atoms with van der Waals surface area (Å²) in [6.07, 6.45) is 1.28. The standard InChI is InChI=1S/C18H21N3O3/c1-19-11-15-17-13(7-9-20(15)10-8-16(22)24-2)12-5-3-4-6-14(12)21(17)18(19)23/h3-6,15H,7-11H2,1-2H3. The van der Waals surface area contributed by atoms with Crippen LogP contribution >= 0.6 is 0 Å². The molecule has 0 bridgehead atoms. The lowest BCUT2D eigenvalue weighted by Gasteiger charge is -2.41. The maximum atomic E-state index is 12.7. The van der Waals surface area contributed by atoms with E-state index in [4.69, 9.17) is 4.74 Å². The summed E-state index contributed by atoms with van der Waals surface area (Å²) in [5.74, 6) is -0.193. The molecule has 0 fully saturated rings. The third-order valence-corrected chi connectivity index (χ3v) is 5.22. The number of para-hydroxylation sites is 1. The van der Waals surface area contributed by atoms with E-state index in [2.05, 4.69) is 11.0 Å². The summed E-state index contributed by atoms with van der Waals surface area (Å²) in [6.45, 7) is 2.20. The second-order valence-electron chi connectivity index (χ2n) is 6.51. The van der Waals surface area contributed by atoms with Crippen LogP contribution in [0.25, 0.3) is 10.9 Å². The summed E-state index contributed by atoms with van der Waals surface area (Å²) >= 11 is 0. The van der Waals surface area contributed by atoms with E-state index >= 15 is 0 Å². The zero-order valence-corrected chi connectivity index (χ0v) is 14.0. The van der Waals surface area contributed by atoms with E-state index in [0.29, 0.717) is 19.5 Å². The average Bonchev–Trinajstić information content (AvgIpc) is 2.94. The minimum atomic E-state index is -0.193. The van der Waals surface area contributed by atoms with Gasteiger partial charge in [0, 0.05) is 32.1 Å². The van der Waals surface area contributed by atoms with E-state index in [0.717, 1.165) is 24.2 Å². The number of amides is 1. The molecule has 4 rings (SSSR count). The molecule has 0 saturated carbocycles. The van der Waals surface area contributed by atoms with Gasteiger partial charge in [0.15, 0.2) is 0 Å². The summed E-state index contributed by atoms with van der Waals surface area (Å²) < 4.78 is 6.63. The molecule has 6 heteroatoms. The van der Waals surface area contributed by atoms with Gasteiger partial charge in [-0.1, -0.05) is 18.2 Å². The molecule has 2 aliphatic rings. The highest BCUT2D eigenvalue weighted by atomic mass is 16.5. The lowest BCUT2D eigenvalue weighted by Crippen LogP contribution is -2.49. The number of ether oxygens (including phenoxy) is 1. The van der Waals surface area contributed by atoms with Crippen LogP contribution in [0.15, 0.2) is 24.3 Å². The van der Waals surface area contributed by atoms with Crippen molar-refractivity contribution in [2.75, 3.05) is 33.8 Å². The van der Waals surface area contributed by atoms with Gasteiger partial charge in [-0.25, -0.2) is 4.79 Å². The molecule has 0 aliphatic carbocycles. The van der Waals surface area contributed by atoms with Gasteiger partial charge in [-0.2, -0.15) is 0 Å². The number of hydrogen-bond acceptors (Lipinski definition) is 4. The van der Waals surface area contributed by atoms with Gasteiger partial charge in [0.2, 0.25) is 0 Å². The minimum absolute atomic E-state index is 0.0264. The van der Waals surface area contributed by atoms with Crippen LogP contribution in [0, 0.1) is 0 Å². The maximum Gasteiger partial charge on any atom is 0.328 e. The average molecular weight is 327 g/mol. The summed E-state index contributed by atoms with van der Waals surface area (Å²) in [7, 11) is 3.26. The molecule has 6 nitrogen and oxygen atoms in total. The second-order valence-corrected chi connectivity index (χ2v) is 6.51. The topological polar surface area (TPSA) is 54.8 Å². The smallest absolute Gasteiger partial charge is 0.328 e. The Morgan fingerprint density at radius 1 is 1.33 bits per heavy atom. The Labute approximate surface area is 140 Å². The van der Waals surface area contributed by atoms with Crippen LogP contribution in [0.2, 0.25) is 0 Å². The molecule has 3 heterocycles. The first-order chi connectivity index (χ1) is 11.6. The molecule has 2 aliphatic heterocycles. The Hall–Kier alpha value is -2.34. The first-order valence-corrected chi connectivity index (χ1v) is 8.30. The van der Waals surface area contributed by atoms with Crippen LogP contribution in [0.3, 0.4) is 0 Å². The lowest BCUT2D eigenvalue weighted by atomic mass is 9.96. The summed E-state index contributed by atoms with van der Waals surface area (Å²) in [5, 5.41) is 1.17. The number of benzene rings is 1. The fourth-order valence-electron chi connectivity index (χ4n) is 4.04. The van der Waals surface area contributed by atoms with E-state index in [-0.39, 0.29) is 18.0 Å². The second kappa shape index (κ2) is 5.63. The predicted octanol–water partition coefficient (Wildman–Crippen LogP) is 2.02. The van der Waals surface area contributed by atoms with E-state index in [9.17, 15) is 9.59 Å². The zero-order chi connectivity index (χ0) is 16.8. The molecule has 1 amide bonds. The molecule has 0 N–H and O–H groups in total. The summed E-state index contributed by atoms with van der Waals surface area (Å²) in [5.41, 5.74) is 3.38. The number of carbonyl (C=O) groups excluding carboxylic acids is 2. The van der Waals surface area contributed by atoms with Crippen LogP contribution in [0.5, 0.6) is 0 Å². The van der Waals surface area contributed by atoms with E-state index < -0.39 is 0 Å². The molecule has 0 spiro atoms. The molecular weight excluding hydrogens is 306 g/mol. The molecule has 126 valence electrons. The Morgan fingerprint density at radius 2 is 2.12 bits per heavy atom. The Morgan fingerprint density at radius 3 is 2.92 bits per heavy atom. The molecule has 2 aromatic rings. The monoisotopic (exact) mass is 327 g/mol. The third-order valence-electron chi connectivity index (χ3n) is 5.22. The first-order valence-electron chi connectivity index (χ1n) is 8.30. The van der Waals surface area contributed by atoms with Crippen molar-refractivity contribution >= 4 is 22.9 Å². The van der Waals surface area contributed by atoms with Crippen LogP contribution in [-0.2, 0) is 16.0 Å². The van der Waals surface area contributed by atoms with Gasteiger partial charge in [0.05, 0.1) is 30.8 Å². The number of aromatic nitrogens is 1. The van der Waals surface area contributed by atoms with Crippen LogP contribution < -0.4 is 0 Å². The number of esters is 1. The summed E-state index contributed by atoms with van der Waals surface area (Å²) in [4.78, 5) is 28.3. The number of rotatable bonds is 3. The highest BCUT2D eigenvalue weighted by molar-refractivity contribution is 5.96. The van der Waals surface area contributed by atoms with Crippen molar-refractivity contribution in [1.29, 1.82) is 0 Å². The maximum absolute atomic E-state index is 12.7. The van der Waals surface area contributed by atoms with Crippen molar-refractivity contribution < 1.29 is 14.3 Å². The number of methoxy groups -OCH3 is 1. The Bertz CT molecular complexity index is 826.